The fourth-order valence-electron chi connectivity index (χ4n) is 4.62. The number of nitrogens with zero attached hydrogens (tertiary/aromatic N) is 2. The van der Waals surface area contributed by atoms with Crippen molar-refractivity contribution in [1.29, 1.82) is 0 Å². The molecule has 8 heteroatoms. The lowest BCUT2D eigenvalue weighted by Crippen LogP contribution is -2.32. The summed E-state index contributed by atoms with van der Waals surface area (Å²) in [6, 6.07) is 18.7. The highest BCUT2D eigenvalue weighted by Gasteiger charge is 2.32. The molecule has 1 N–H and O–H groups in total. The molecule has 184 valence electrons. The van der Waals surface area contributed by atoms with Gasteiger partial charge in [0, 0.05) is 23.6 Å². The largest absolute Gasteiger partial charge is 0.487 e. The minimum Gasteiger partial charge on any atom is -0.487 e. The number of carbonyl (C=O) groups is 1. The summed E-state index contributed by atoms with van der Waals surface area (Å²) >= 11 is 0. The summed E-state index contributed by atoms with van der Waals surface area (Å²) in [6.45, 7) is 5.93. The first kappa shape index (κ1) is 23.8. The molecule has 1 aromatic heterocycles. The SMILES string of the molecule is Cc1c(N(Cc2ccc3c(c2)OC(C)(C)C3)S(=O)(=O)c2ccc(C(=O)O)cc2)ncc2ccccc12. The van der Waals surface area contributed by atoms with Gasteiger partial charge in [0.25, 0.3) is 10.0 Å². The molecule has 0 amide bonds. The molecule has 0 atom stereocenters. The number of rotatable bonds is 6. The average molecular weight is 503 g/mol. The Hall–Kier alpha value is -3.91. The number of carboxylic acid groups (broad SMARTS) is 1. The summed E-state index contributed by atoms with van der Waals surface area (Å²) in [5.41, 5.74) is 2.28. The molecule has 7 nitrogen and oxygen atoms in total. The lowest BCUT2D eigenvalue weighted by atomic mass is 10.0. The van der Waals surface area contributed by atoms with E-state index in [2.05, 4.69) is 4.98 Å². The van der Waals surface area contributed by atoms with Crippen LogP contribution in [0.3, 0.4) is 0 Å². The molecule has 0 bridgehead atoms. The number of hydrogen-bond donors (Lipinski definition) is 1. The molecule has 0 spiro atoms. The maximum absolute atomic E-state index is 14.0. The van der Waals surface area contributed by atoms with Crippen LogP contribution in [0.15, 0.2) is 77.8 Å². The Labute approximate surface area is 210 Å². The van der Waals surface area contributed by atoms with Crippen LogP contribution in [0.4, 0.5) is 5.82 Å². The predicted molar refractivity (Wildman–Crippen MR) is 138 cm³/mol. The Morgan fingerprint density at radius 3 is 2.53 bits per heavy atom. The van der Waals surface area contributed by atoms with Gasteiger partial charge in [-0.25, -0.2) is 22.5 Å². The maximum Gasteiger partial charge on any atom is 0.335 e. The van der Waals surface area contributed by atoms with E-state index in [9.17, 15) is 18.3 Å². The van der Waals surface area contributed by atoms with Crippen LogP contribution in [0.5, 0.6) is 5.75 Å². The van der Waals surface area contributed by atoms with Crippen molar-refractivity contribution >= 4 is 32.6 Å². The molecule has 0 saturated carbocycles. The van der Waals surface area contributed by atoms with E-state index < -0.39 is 16.0 Å². The Kier molecular flexibility index (Phi) is 5.71. The number of aromatic nitrogens is 1. The highest BCUT2D eigenvalue weighted by Crippen LogP contribution is 2.37. The van der Waals surface area contributed by atoms with Crippen LogP contribution in [-0.4, -0.2) is 30.1 Å². The zero-order valence-corrected chi connectivity index (χ0v) is 21.0. The van der Waals surface area contributed by atoms with Crippen LogP contribution in [-0.2, 0) is 23.0 Å². The number of sulfonamides is 1. The smallest absolute Gasteiger partial charge is 0.335 e. The van der Waals surface area contributed by atoms with Gasteiger partial charge in [0.15, 0.2) is 0 Å². The second-order valence-corrected chi connectivity index (χ2v) is 11.5. The van der Waals surface area contributed by atoms with Crippen molar-refractivity contribution in [1.82, 2.24) is 4.98 Å². The molecule has 0 saturated heterocycles. The maximum atomic E-state index is 14.0. The van der Waals surface area contributed by atoms with Crippen molar-refractivity contribution in [2.24, 2.45) is 0 Å². The van der Waals surface area contributed by atoms with Gasteiger partial charge in [-0.1, -0.05) is 36.4 Å². The van der Waals surface area contributed by atoms with E-state index in [0.29, 0.717) is 5.82 Å². The third kappa shape index (κ3) is 4.28. The molecule has 0 fully saturated rings. The van der Waals surface area contributed by atoms with Gasteiger partial charge in [-0.2, -0.15) is 0 Å². The number of fused-ring (bicyclic) bond motifs is 2. The van der Waals surface area contributed by atoms with Gasteiger partial charge in [0.1, 0.15) is 17.2 Å². The molecule has 1 aliphatic heterocycles. The third-order valence-corrected chi connectivity index (χ3v) is 8.16. The normalized spacial score (nSPS) is 14.3. The topological polar surface area (TPSA) is 96.8 Å². The molecule has 4 aromatic rings. The highest BCUT2D eigenvalue weighted by atomic mass is 32.2. The van der Waals surface area contributed by atoms with Gasteiger partial charge in [0.2, 0.25) is 0 Å². The number of ether oxygens (including phenoxy) is 1. The van der Waals surface area contributed by atoms with Crippen LogP contribution in [0.25, 0.3) is 10.8 Å². The van der Waals surface area contributed by atoms with Crippen LogP contribution in [0.1, 0.15) is 40.9 Å². The zero-order valence-electron chi connectivity index (χ0n) is 20.2. The monoisotopic (exact) mass is 502 g/mol. The summed E-state index contributed by atoms with van der Waals surface area (Å²) in [4.78, 5) is 15.8. The Morgan fingerprint density at radius 2 is 1.81 bits per heavy atom. The Balaban J connectivity index is 1.62. The molecule has 0 radical (unpaired) electrons. The first-order valence-corrected chi connectivity index (χ1v) is 13.0. The summed E-state index contributed by atoms with van der Waals surface area (Å²) in [7, 11) is -4.09. The molecule has 3 aromatic carbocycles. The number of aryl methyl sites for hydroxylation is 1. The molecule has 5 rings (SSSR count). The van der Waals surface area contributed by atoms with Gasteiger partial charge in [-0.15, -0.1) is 0 Å². The quantitative estimate of drug-likeness (QED) is 0.382. The fourth-order valence-corrected chi connectivity index (χ4v) is 6.08. The van der Waals surface area contributed by atoms with Crippen molar-refractivity contribution < 1.29 is 23.1 Å². The minimum atomic E-state index is -4.09. The highest BCUT2D eigenvalue weighted by molar-refractivity contribution is 7.92. The van der Waals surface area contributed by atoms with E-state index in [1.807, 2.05) is 63.2 Å². The summed E-state index contributed by atoms with van der Waals surface area (Å²) in [5.74, 6) is -0.0504. The van der Waals surface area contributed by atoms with E-state index in [0.717, 1.165) is 39.6 Å². The number of anilines is 1. The van der Waals surface area contributed by atoms with Crippen molar-refractivity contribution in [3.8, 4) is 5.75 Å². The summed E-state index contributed by atoms with van der Waals surface area (Å²) in [6.07, 6.45) is 2.45. The van der Waals surface area contributed by atoms with Gasteiger partial charge in [-0.3, -0.25) is 0 Å². The predicted octanol–water partition coefficient (Wildman–Crippen LogP) is 5.35. The van der Waals surface area contributed by atoms with Gasteiger partial charge in [-0.05, 0) is 67.6 Å². The number of benzene rings is 3. The molecule has 36 heavy (non-hydrogen) atoms. The van der Waals surface area contributed by atoms with E-state index >= 15 is 0 Å². The first-order valence-electron chi connectivity index (χ1n) is 11.6. The van der Waals surface area contributed by atoms with Crippen LogP contribution in [0.2, 0.25) is 0 Å². The van der Waals surface area contributed by atoms with Crippen LogP contribution in [0, 0.1) is 6.92 Å². The molecule has 2 heterocycles. The third-order valence-electron chi connectivity index (χ3n) is 6.41. The lowest BCUT2D eigenvalue weighted by molar-refractivity contribution is 0.0696. The van der Waals surface area contributed by atoms with Crippen molar-refractivity contribution in [3.63, 3.8) is 0 Å². The molecular formula is C28H26N2O5S. The Bertz CT molecular complexity index is 1590. The fraction of sp³-hybridized carbons (Fsp3) is 0.214. The Morgan fingerprint density at radius 1 is 1.08 bits per heavy atom. The average Bonchev–Trinajstić information content (AvgIpc) is 3.16. The van der Waals surface area contributed by atoms with Gasteiger partial charge < -0.3 is 9.84 Å². The van der Waals surface area contributed by atoms with Crippen LogP contribution < -0.4 is 9.04 Å². The van der Waals surface area contributed by atoms with Gasteiger partial charge in [0.05, 0.1) is 17.0 Å². The number of pyridine rings is 1. The van der Waals surface area contributed by atoms with E-state index in [1.165, 1.54) is 28.6 Å². The molecule has 1 aliphatic rings. The van der Waals surface area contributed by atoms with Crippen molar-refractivity contribution in [2.45, 2.75) is 44.2 Å². The van der Waals surface area contributed by atoms with E-state index in [4.69, 9.17) is 4.74 Å². The second kappa shape index (κ2) is 8.64. The van der Waals surface area contributed by atoms with E-state index in [-0.39, 0.29) is 22.6 Å². The van der Waals surface area contributed by atoms with Crippen molar-refractivity contribution in [3.05, 3.63) is 95.2 Å². The van der Waals surface area contributed by atoms with Crippen molar-refractivity contribution in [2.75, 3.05) is 4.31 Å². The molecule has 0 aliphatic carbocycles. The number of carboxylic acids is 1. The number of hydrogen-bond acceptors (Lipinski definition) is 5. The molecular weight excluding hydrogens is 476 g/mol. The standard InChI is InChI=1S/C28H26N2O5S/c1-18-24-7-5-4-6-22(24)16-29-26(18)30(36(33,34)23-12-10-20(11-13-23)27(31)32)17-19-8-9-21-15-28(2,3)35-25(21)14-19/h4-14,16H,15,17H2,1-3H3,(H,31,32). The number of aromatic carboxylic acids is 1. The molecule has 0 unspecified atom stereocenters. The lowest BCUT2D eigenvalue weighted by Gasteiger charge is -2.26. The van der Waals surface area contributed by atoms with E-state index in [1.54, 1.807) is 6.20 Å². The minimum absolute atomic E-state index is 0.0129. The summed E-state index contributed by atoms with van der Waals surface area (Å²) < 4.78 is 35.3. The van der Waals surface area contributed by atoms with Crippen LogP contribution >= 0.6 is 0 Å². The summed E-state index contributed by atoms with van der Waals surface area (Å²) in [5, 5.41) is 11.0. The van der Waals surface area contributed by atoms with Gasteiger partial charge >= 0.3 is 5.97 Å². The zero-order chi connectivity index (χ0) is 25.7. The first-order chi connectivity index (χ1) is 17.0. The second-order valence-electron chi connectivity index (χ2n) is 9.62.